The van der Waals surface area contributed by atoms with Gasteiger partial charge in [-0.2, -0.15) is 0 Å². The highest BCUT2D eigenvalue weighted by molar-refractivity contribution is 9.10. The Morgan fingerprint density at radius 2 is 1.63 bits per heavy atom. The van der Waals surface area contributed by atoms with E-state index in [4.69, 9.17) is 23.7 Å². The Morgan fingerprint density at radius 1 is 0.950 bits per heavy atom. The van der Waals surface area contributed by atoms with Crippen molar-refractivity contribution in [3.63, 3.8) is 0 Å². The molecule has 3 aliphatic heterocycles. The SMILES string of the molecule is COc1cc(Br)cc(O)c1/N=C1\C=C2NC(=O)/C(C)=C\C=C\[C@H](C)[C@H](O)[C@@H](C)[C@@H](O)[C@@H](C)[C@H](OC(C)=O)[C@H](C)[C@@H](OC)/C=C/O[C@@]3(C)Oc4c(C)c(O)c(c1c4C3=O)C2=O. The molecule has 1 amide bonds. The minimum atomic E-state index is -2.07. The average molecular weight is 896 g/mol. The van der Waals surface area contributed by atoms with E-state index >= 15 is 0 Å². The van der Waals surface area contributed by atoms with Crippen LogP contribution in [0.5, 0.6) is 23.0 Å². The van der Waals surface area contributed by atoms with Crippen molar-refractivity contribution in [1.29, 1.82) is 0 Å². The number of benzene rings is 2. The summed E-state index contributed by atoms with van der Waals surface area (Å²) in [5, 5.41) is 48.1. The number of phenols is 2. The van der Waals surface area contributed by atoms with Gasteiger partial charge < -0.3 is 49.4 Å². The van der Waals surface area contributed by atoms with Crippen molar-refractivity contribution < 1.29 is 63.3 Å². The number of carbonyl (C=O) groups excluding carboxylic acids is 4. The third kappa shape index (κ3) is 8.78. The van der Waals surface area contributed by atoms with E-state index < -0.39 is 83.1 Å². The molecule has 0 saturated carbocycles. The largest absolute Gasteiger partial charge is 0.507 e. The number of hydrogen-bond acceptors (Lipinski definition) is 14. The number of carbonyl (C=O) groups is 4. The fraction of sp³-hybridized carbons (Fsp3) is 0.432. The second kappa shape index (κ2) is 18.1. The van der Waals surface area contributed by atoms with E-state index in [2.05, 4.69) is 26.2 Å². The zero-order chi connectivity index (χ0) is 44.5. The lowest BCUT2D eigenvalue weighted by molar-refractivity contribution is -0.160. The fourth-order valence-corrected chi connectivity index (χ4v) is 8.10. The van der Waals surface area contributed by atoms with Crippen LogP contribution in [0.25, 0.3) is 0 Å². The number of aliphatic imine (C=N–C) groups is 1. The summed E-state index contributed by atoms with van der Waals surface area (Å²) in [7, 11) is 2.79. The average Bonchev–Trinajstić information content (AvgIpc) is 3.46. The molecule has 16 heteroatoms. The normalized spacial score (nSPS) is 31.3. The van der Waals surface area contributed by atoms with E-state index in [-0.39, 0.29) is 62.2 Å². The lowest BCUT2D eigenvalue weighted by Gasteiger charge is -2.38. The number of methoxy groups -OCH3 is 2. The van der Waals surface area contributed by atoms with Crippen LogP contribution in [-0.2, 0) is 23.8 Å². The molecular formula is C44H51BrN2O13. The molecule has 9 atom stereocenters. The number of Topliss-reactive ketones (excluding diaryl/α,β-unsaturated/α-hetero) is 2. The highest BCUT2D eigenvalue weighted by Crippen LogP contribution is 2.49. The van der Waals surface area contributed by atoms with Gasteiger partial charge in [-0.15, -0.1) is 0 Å². The van der Waals surface area contributed by atoms with Gasteiger partial charge in [-0.05, 0) is 38.1 Å². The van der Waals surface area contributed by atoms with Gasteiger partial charge in [0, 0.05) is 65.8 Å². The maximum Gasteiger partial charge on any atom is 0.312 e. The molecule has 4 aliphatic rings. The lowest BCUT2D eigenvalue weighted by Crippen LogP contribution is -2.46. The highest BCUT2D eigenvalue weighted by Gasteiger charge is 2.51. The molecular weight excluding hydrogens is 844 g/mol. The monoisotopic (exact) mass is 894 g/mol. The van der Waals surface area contributed by atoms with Crippen LogP contribution in [0.1, 0.15) is 80.3 Å². The number of hydrogen-bond donors (Lipinski definition) is 5. The van der Waals surface area contributed by atoms with Gasteiger partial charge in [-0.25, -0.2) is 4.99 Å². The van der Waals surface area contributed by atoms with Crippen LogP contribution in [-0.4, -0.2) is 94.0 Å². The number of nitrogens with one attached hydrogen (secondary N) is 1. The molecule has 0 fully saturated rings. The minimum absolute atomic E-state index is 0.0233. The summed E-state index contributed by atoms with van der Waals surface area (Å²) in [6.07, 6.45) is 4.66. The Bertz CT molecular complexity index is 2240. The number of aliphatic hydroxyl groups is 2. The first-order valence-corrected chi connectivity index (χ1v) is 20.1. The molecule has 5 bridgehead atoms. The second-order valence-corrected chi connectivity index (χ2v) is 16.4. The van der Waals surface area contributed by atoms with Gasteiger partial charge in [0.05, 0.1) is 54.2 Å². The molecule has 2 aromatic rings. The molecule has 5 N–H and O–H groups in total. The van der Waals surface area contributed by atoms with Crippen molar-refractivity contribution in [2.24, 2.45) is 28.7 Å². The lowest BCUT2D eigenvalue weighted by atomic mass is 9.78. The van der Waals surface area contributed by atoms with Gasteiger partial charge in [-0.3, -0.25) is 19.2 Å². The van der Waals surface area contributed by atoms with Gasteiger partial charge in [0.15, 0.2) is 0 Å². The Labute approximate surface area is 356 Å². The third-order valence-corrected chi connectivity index (χ3v) is 11.7. The molecule has 0 unspecified atom stereocenters. The fourth-order valence-electron chi connectivity index (χ4n) is 7.67. The standard InChI is InChI=1S/C44H51BrN2O13/c1-19-12-11-13-20(2)43(55)47-28-18-27(46-35-29(49)16-26(45)17-31(35)57-10)32-33(39(28)53)38(52)24(6)41-34(32)42(54)44(8,60-41)58-15-14-30(56-9)21(3)40(59-25(7)48)23(5)37(51)22(4)36(19)50/h11-19,21-23,30,36-37,40,49-52H,1-10H3,(H,47,55)/b12-11+,15-14+,20-13-,46-27+/t19-,21+,22+,23+,30-,36-,37+,40+,44-/m0/s1. The Morgan fingerprint density at radius 3 is 2.27 bits per heavy atom. The maximum absolute atomic E-state index is 14.6. The number of rotatable bonds is 4. The Balaban J connectivity index is 1.73. The summed E-state index contributed by atoms with van der Waals surface area (Å²) in [6, 6.07) is 2.90. The quantitative estimate of drug-likeness (QED) is 0.221. The molecule has 0 saturated heterocycles. The molecule has 0 radical (unpaired) electrons. The topological polar surface area (TPSA) is 220 Å². The number of aromatic hydroxyl groups is 2. The zero-order valence-corrected chi connectivity index (χ0v) is 36.6. The summed E-state index contributed by atoms with van der Waals surface area (Å²) in [6.45, 7) is 12.4. The predicted molar refractivity (Wildman–Crippen MR) is 223 cm³/mol. The van der Waals surface area contributed by atoms with Crippen LogP contribution in [0.15, 0.2) is 69.5 Å². The molecule has 60 heavy (non-hydrogen) atoms. The van der Waals surface area contributed by atoms with Crippen molar-refractivity contribution in [1.82, 2.24) is 5.32 Å². The molecule has 6 rings (SSSR count). The van der Waals surface area contributed by atoms with Crippen molar-refractivity contribution in [3.05, 3.63) is 86.8 Å². The van der Waals surface area contributed by atoms with Crippen molar-refractivity contribution in [2.75, 3.05) is 14.2 Å². The number of fused-ring (bicyclic) bond motifs is 14. The van der Waals surface area contributed by atoms with E-state index in [1.54, 1.807) is 45.9 Å². The number of amides is 1. The maximum atomic E-state index is 14.6. The van der Waals surface area contributed by atoms with Crippen LogP contribution in [0, 0.1) is 30.6 Å². The number of halogens is 1. The number of allylic oxidation sites excluding steroid dienone is 4. The number of nitrogens with zero attached hydrogens (tertiary/aromatic N) is 1. The smallest absolute Gasteiger partial charge is 0.312 e. The van der Waals surface area contributed by atoms with Crippen LogP contribution < -0.4 is 14.8 Å². The van der Waals surface area contributed by atoms with Gasteiger partial charge in [0.2, 0.25) is 5.78 Å². The summed E-state index contributed by atoms with van der Waals surface area (Å²) in [5.74, 6) is -8.37. The zero-order valence-electron chi connectivity index (χ0n) is 35.0. The van der Waals surface area contributed by atoms with E-state index in [1.807, 2.05) is 0 Å². The van der Waals surface area contributed by atoms with Crippen LogP contribution >= 0.6 is 15.9 Å². The Kier molecular flexibility index (Phi) is 13.8. The molecule has 0 spiro atoms. The number of ketones is 2. The van der Waals surface area contributed by atoms with E-state index in [0.29, 0.717) is 4.47 Å². The number of esters is 1. The van der Waals surface area contributed by atoms with Gasteiger partial charge >= 0.3 is 11.8 Å². The van der Waals surface area contributed by atoms with Crippen molar-refractivity contribution >= 4 is 50.8 Å². The highest BCUT2D eigenvalue weighted by atomic mass is 79.9. The molecule has 0 aromatic heterocycles. The van der Waals surface area contributed by atoms with Crippen molar-refractivity contribution in [3.8, 4) is 23.0 Å². The number of phenolic OH excluding ortho intramolecular Hbond substituents is 2. The van der Waals surface area contributed by atoms with Gasteiger partial charge in [-0.1, -0.05) is 61.9 Å². The molecule has 2 aromatic carbocycles. The first kappa shape index (κ1) is 45.8. The second-order valence-electron chi connectivity index (χ2n) is 15.5. The first-order valence-electron chi connectivity index (χ1n) is 19.3. The summed E-state index contributed by atoms with van der Waals surface area (Å²) in [4.78, 5) is 59.5. The minimum Gasteiger partial charge on any atom is -0.507 e. The third-order valence-electron chi connectivity index (χ3n) is 11.3. The molecule has 322 valence electrons. The van der Waals surface area contributed by atoms with Crippen LogP contribution in [0.2, 0.25) is 0 Å². The van der Waals surface area contributed by atoms with Crippen LogP contribution in [0.3, 0.4) is 0 Å². The van der Waals surface area contributed by atoms with E-state index in [1.165, 1.54) is 72.5 Å². The first-order chi connectivity index (χ1) is 28.2. The number of aliphatic hydroxyl groups excluding tert-OH is 2. The van der Waals surface area contributed by atoms with Gasteiger partial charge in [0.1, 0.15) is 34.8 Å². The molecule has 15 nitrogen and oxygen atoms in total. The predicted octanol–water partition coefficient (Wildman–Crippen LogP) is 6.05. The summed E-state index contributed by atoms with van der Waals surface area (Å²) in [5.41, 5.74) is -0.993. The molecule has 3 heterocycles. The number of ether oxygens (including phenoxy) is 5. The van der Waals surface area contributed by atoms with Crippen molar-refractivity contribution in [2.45, 2.75) is 85.6 Å². The van der Waals surface area contributed by atoms with E-state index in [0.717, 1.165) is 0 Å². The summed E-state index contributed by atoms with van der Waals surface area (Å²) >= 11 is 3.31. The molecule has 1 aliphatic carbocycles. The summed E-state index contributed by atoms with van der Waals surface area (Å²) < 4.78 is 29.6. The van der Waals surface area contributed by atoms with E-state index in [9.17, 15) is 39.6 Å². The van der Waals surface area contributed by atoms with Crippen LogP contribution in [0.4, 0.5) is 5.69 Å². The Hall–Kier alpha value is -5.29. The van der Waals surface area contributed by atoms with Gasteiger partial charge in [0.25, 0.3) is 11.7 Å².